The molecule has 13 nitrogen and oxygen atoms in total. The van der Waals surface area contributed by atoms with Gasteiger partial charge in [0.05, 0.1) is 36.9 Å². The van der Waals surface area contributed by atoms with E-state index in [9.17, 15) is 4.79 Å². The molecule has 4 aromatic heterocycles. The molecule has 0 aromatic carbocycles. The zero-order chi connectivity index (χ0) is 28.9. The van der Waals surface area contributed by atoms with E-state index in [1.165, 1.54) is 0 Å². The molecule has 0 radical (unpaired) electrons. The van der Waals surface area contributed by atoms with Crippen LogP contribution in [0.15, 0.2) is 49.3 Å². The number of carbonyl (C=O) groups excluding carboxylic acids is 1. The Balaban J connectivity index is 0.927. The fourth-order valence-electron chi connectivity index (χ4n) is 5.87. The van der Waals surface area contributed by atoms with Gasteiger partial charge in [-0.05, 0) is 64.0 Å². The molecule has 2 aliphatic heterocycles. The Labute approximate surface area is 245 Å². The second-order valence-electron chi connectivity index (χ2n) is 11.3. The molecule has 0 aliphatic carbocycles. The highest BCUT2D eigenvalue weighted by Gasteiger charge is 2.26. The molecule has 13 heteroatoms. The molecule has 0 bridgehead atoms. The van der Waals surface area contributed by atoms with Crippen LogP contribution in [-0.2, 0) is 18.9 Å². The lowest BCUT2D eigenvalue weighted by Gasteiger charge is -2.33. The molecule has 0 spiro atoms. The molecule has 2 fully saturated rings. The Bertz CT molecular complexity index is 1370. The van der Waals surface area contributed by atoms with Gasteiger partial charge in [-0.3, -0.25) is 24.0 Å². The number of carbonyl (C=O) groups is 1. The summed E-state index contributed by atoms with van der Waals surface area (Å²) in [5, 5.41) is 14.8. The van der Waals surface area contributed by atoms with Crippen molar-refractivity contribution in [3.63, 3.8) is 0 Å². The largest absolute Gasteiger partial charge is 0.321 e. The van der Waals surface area contributed by atoms with E-state index in [0.29, 0.717) is 42.6 Å². The molecule has 0 unspecified atom stereocenters. The molecule has 6 rings (SSSR count). The molecule has 2 N–H and O–H groups in total. The number of Topliss-reactive ketones (excluding diaryl/α,β-unsaturated/α-hetero) is 1. The fourth-order valence-corrected chi connectivity index (χ4v) is 5.87. The Morgan fingerprint density at radius 3 is 1.55 bits per heavy atom. The number of ketones is 1. The lowest BCUT2D eigenvalue weighted by atomic mass is 9.92. The molecule has 220 valence electrons. The number of rotatable bonds is 10. The number of nitrogens with one attached hydrogen (secondary N) is 2. The van der Waals surface area contributed by atoms with Crippen LogP contribution in [0.3, 0.4) is 0 Å². The number of nitrogens with zero attached hydrogens (tertiary/aromatic N) is 10. The van der Waals surface area contributed by atoms with E-state index in [1.807, 2.05) is 51.0 Å². The molecule has 4 aromatic rings. The van der Waals surface area contributed by atoms with E-state index in [-0.39, 0.29) is 0 Å². The van der Waals surface area contributed by atoms with Crippen molar-refractivity contribution >= 4 is 29.1 Å². The summed E-state index contributed by atoms with van der Waals surface area (Å²) < 4.78 is 3.48. The zero-order valence-corrected chi connectivity index (χ0v) is 24.2. The third-order valence-corrected chi connectivity index (χ3v) is 8.09. The molecule has 6 heterocycles. The number of hydrogen-bond donors (Lipinski definition) is 2. The highest BCUT2D eigenvalue weighted by Crippen LogP contribution is 2.29. The molecule has 0 atom stereocenters. The smallest absolute Gasteiger partial charge is 0.227 e. The standard InChI is InChI=1S/C29H38N12O/c1-38-17-23(15-32-38)34-28-30-9-3-26(36-28)21-5-11-40(12-6-21)19-25(42)20-41-13-7-22(8-14-41)27-4-10-31-29(37-27)35-24-16-33-39(2)18-24/h3-4,9-10,15-18,21-22H,5-8,11-14,19-20H2,1-2H3,(H,30,34,36)(H,31,35,37). The molecular weight excluding hydrogens is 532 g/mol. The van der Waals surface area contributed by atoms with Gasteiger partial charge in [0.25, 0.3) is 0 Å². The van der Waals surface area contributed by atoms with Crippen LogP contribution >= 0.6 is 0 Å². The second-order valence-corrected chi connectivity index (χ2v) is 11.3. The van der Waals surface area contributed by atoms with Crippen molar-refractivity contribution < 1.29 is 4.79 Å². The number of piperidine rings is 2. The number of aryl methyl sites for hydroxylation is 2. The summed E-state index contributed by atoms with van der Waals surface area (Å²) in [5.74, 6) is 2.21. The minimum atomic E-state index is 0.293. The SMILES string of the molecule is Cn1cc(Nc2nccc(C3CCN(CC(=O)CN4CCC(c5ccnc(Nc6cnn(C)c6)n5)CC4)CC3)n2)cn1. The van der Waals surface area contributed by atoms with Crippen LogP contribution in [0.4, 0.5) is 23.3 Å². The maximum atomic E-state index is 13.0. The summed E-state index contributed by atoms with van der Waals surface area (Å²) in [6.45, 7) is 4.63. The third kappa shape index (κ3) is 7.15. The first-order valence-electron chi connectivity index (χ1n) is 14.6. The lowest BCUT2D eigenvalue weighted by molar-refractivity contribution is -0.121. The van der Waals surface area contributed by atoms with E-state index < -0.39 is 0 Å². The van der Waals surface area contributed by atoms with Gasteiger partial charge in [0.2, 0.25) is 11.9 Å². The molecule has 2 saturated heterocycles. The zero-order valence-electron chi connectivity index (χ0n) is 24.2. The van der Waals surface area contributed by atoms with Gasteiger partial charge in [0.1, 0.15) is 0 Å². The van der Waals surface area contributed by atoms with Gasteiger partial charge in [-0.2, -0.15) is 10.2 Å². The van der Waals surface area contributed by atoms with Crippen LogP contribution in [0.5, 0.6) is 0 Å². The van der Waals surface area contributed by atoms with Crippen molar-refractivity contribution in [3.05, 3.63) is 60.7 Å². The summed E-state index contributed by atoms with van der Waals surface area (Å²) >= 11 is 0. The second kappa shape index (κ2) is 12.7. The van der Waals surface area contributed by atoms with Crippen LogP contribution in [-0.4, -0.2) is 94.3 Å². The van der Waals surface area contributed by atoms with Crippen LogP contribution in [0, 0.1) is 0 Å². The van der Waals surface area contributed by atoms with Gasteiger partial charge in [-0.1, -0.05) is 0 Å². The summed E-state index contributed by atoms with van der Waals surface area (Å²) in [7, 11) is 3.76. The Kier molecular flexibility index (Phi) is 8.47. The van der Waals surface area contributed by atoms with Crippen molar-refractivity contribution in [2.75, 3.05) is 49.9 Å². The monoisotopic (exact) mass is 570 g/mol. The van der Waals surface area contributed by atoms with E-state index >= 15 is 0 Å². The summed E-state index contributed by atoms with van der Waals surface area (Å²) in [4.78, 5) is 35.8. The van der Waals surface area contributed by atoms with Crippen LogP contribution in [0.2, 0.25) is 0 Å². The Morgan fingerprint density at radius 2 is 1.17 bits per heavy atom. The van der Waals surface area contributed by atoms with Crippen molar-refractivity contribution in [3.8, 4) is 0 Å². The average Bonchev–Trinajstić information content (AvgIpc) is 3.60. The van der Waals surface area contributed by atoms with Crippen LogP contribution in [0.25, 0.3) is 0 Å². The first-order valence-corrected chi connectivity index (χ1v) is 14.6. The average molecular weight is 571 g/mol. The van der Waals surface area contributed by atoms with Gasteiger partial charge in [-0.25, -0.2) is 19.9 Å². The first kappa shape index (κ1) is 27.9. The van der Waals surface area contributed by atoms with E-state index in [1.54, 1.807) is 21.8 Å². The Morgan fingerprint density at radius 1 is 0.738 bits per heavy atom. The third-order valence-electron chi connectivity index (χ3n) is 8.09. The maximum absolute atomic E-state index is 13.0. The number of anilines is 4. The van der Waals surface area contributed by atoms with Gasteiger partial charge >= 0.3 is 0 Å². The van der Waals surface area contributed by atoms with Crippen LogP contribution in [0.1, 0.15) is 48.9 Å². The van der Waals surface area contributed by atoms with Crippen LogP contribution < -0.4 is 10.6 Å². The summed E-state index contributed by atoms with van der Waals surface area (Å²) in [6, 6.07) is 4.01. The van der Waals surface area contributed by atoms with Gasteiger partial charge < -0.3 is 10.6 Å². The molecule has 42 heavy (non-hydrogen) atoms. The van der Waals surface area contributed by atoms with Gasteiger partial charge in [0.15, 0.2) is 5.78 Å². The minimum Gasteiger partial charge on any atom is -0.321 e. The fraction of sp³-hybridized carbons (Fsp3) is 0.483. The summed E-state index contributed by atoms with van der Waals surface area (Å²) in [6.07, 6.45) is 14.9. The van der Waals surface area contributed by atoms with Crippen molar-refractivity contribution in [2.24, 2.45) is 14.1 Å². The summed E-state index contributed by atoms with van der Waals surface area (Å²) in [5.41, 5.74) is 3.83. The van der Waals surface area contributed by atoms with Crippen molar-refractivity contribution in [1.29, 1.82) is 0 Å². The number of aromatic nitrogens is 8. The van der Waals surface area contributed by atoms with Gasteiger partial charge in [-0.15, -0.1) is 0 Å². The van der Waals surface area contributed by atoms with Crippen molar-refractivity contribution in [1.82, 2.24) is 49.3 Å². The predicted molar refractivity (Wildman–Crippen MR) is 159 cm³/mol. The minimum absolute atomic E-state index is 0.293. The van der Waals surface area contributed by atoms with Crippen molar-refractivity contribution in [2.45, 2.75) is 37.5 Å². The maximum Gasteiger partial charge on any atom is 0.227 e. The van der Waals surface area contributed by atoms with Gasteiger partial charge in [0, 0.05) is 62.1 Å². The highest BCUT2D eigenvalue weighted by atomic mass is 16.1. The predicted octanol–water partition coefficient (Wildman–Crippen LogP) is 2.85. The topological polar surface area (TPSA) is 135 Å². The van der Waals surface area contributed by atoms with E-state index in [0.717, 1.165) is 74.6 Å². The number of hydrogen-bond acceptors (Lipinski definition) is 11. The molecule has 0 saturated carbocycles. The quantitative estimate of drug-likeness (QED) is 0.291. The Hall–Kier alpha value is -4.23. The van der Waals surface area contributed by atoms with E-state index in [4.69, 9.17) is 9.97 Å². The first-order chi connectivity index (χ1) is 20.5. The number of likely N-dealkylation sites (tertiary alicyclic amines) is 2. The molecule has 2 aliphatic rings. The molecule has 0 amide bonds. The molecular formula is C29H38N12O. The normalized spacial score (nSPS) is 17.4. The van der Waals surface area contributed by atoms with E-state index in [2.05, 4.69) is 40.6 Å². The highest BCUT2D eigenvalue weighted by molar-refractivity contribution is 5.82. The lowest BCUT2D eigenvalue weighted by Crippen LogP contribution is -2.42.